The van der Waals surface area contributed by atoms with Gasteiger partial charge in [0.15, 0.2) is 0 Å². The highest BCUT2D eigenvalue weighted by atomic mass is 16.3. The Morgan fingerprint density at radius 2 is 2.09 bits per heavy atom. The SMILES string of the molecule is Cc1ccc(CN2CCC(N(C)c3nccc(N(C)C)n3)C2)o1. The largest absolute Gasteiger partial charge is 0.465 e. The number of likely N-dealkylation sites (N-methyl/N-ethyl adjacent to an activating group) is 1. The van der Waals surface area contributed by atoms with E-state index < -0.39 is 0 Å². The summed E-state index contributed by atoms with van der Waals surface area (Å²) in [4.78, 5) is 15.7. The van der Waals surface area contributed by atoms with Crippen LogP contribution in [0.1, 0.15) is 17.9 Å². The molecule has 0 radical (unpaired) electrons. The number of rotatable bonds is 5. The number of hydrogen-bond donors (Lipinski definition) is 0. The monoisotopic (exact) mass is 315 g/mol. The molecule has 0 aromatic carbocycles. The Balaban J connectivity index is 1.63. The van der Waals surface area contributed by atoms with Crippen molar-refractivity contribution in [3.05, 3.63) is 35.9 Å². The number of furan rings is 1. The van der Waals surface area contributed by atoms with Gasteiger partial charge in [-0.1, -0.05) is 0 Å². The molecule has 0 bridgehead atoms. The number of likely N-dealkylation sites (tertiary alicyclic amines) is 1. The number of nitrogens with zero attached hydrogens (tertiary/aromatic N) is 5. The molecule has 6 nitrogen and oxygen atoms in total. The molecule has 1 aliphatic heterocycles. The Morgan fingerprint density at radius 3 is 2.78 bits per heavy atom. The lowest BCUT2D eigenvalue weighted by Gasteiger charge is -2.25. The van der Waals surface area contributed by atoms with E-state index in [1.54, 1.807) is 0 Å². The number of anilines is 2. The van der Waals surface area contributed by atoms with Gasteiger partial charge in [-0.2, -0.15) is 4.98 Å². The summed E-state index contributed by atoms with van der Waals surface area (Å²) < 4.78 is 5.68. The Hall–Kier alpha value is -2.08. The van der Waals surface area contributed by atoms with Crippen molar-refractivity contribution < 1.29 is 4.42 Å². The first kappa shape index (κ1) is 15.8. The molecule has 3 rings (SSSR count). The van der Waals surface area contributed by atoms with Crippen molar-refractivity contribution in [3.63, 3.8) is 0 Å². The summed E-state index contributed by atoms with van der Waals surface area (Å²) in [5.41, 5.74) is 0. The Labute approximate surface area is 137 Å². The van der Waals surface area contributed by atoms with Gasteiger partial charge in [-0.25, -0.2) is 4.98 Å². The fourth-order valence-corrected chi connectivity index (χ4v) is 2.98. The van der Waals surface area contributed by atoms with Crippen LogP contribution < -0.4 is 9.80 Å². The topological polar surface area (TPSA) is 48.6 Å². The summed E-state index contributed by atoms with van der Waals surface area (Å²) in [5, 5.41) is 0. The lowest BCUT2D eigenvalue weighted by molar-refractivity contribution is 0.290. The van der Waals surface area contributed by atoms with Crippen LogP contribution in [0.2, 0.25) is 0 Å². The third kappa shape index (κ3) is 3.64. The average Bonchev–Trinajstić information content (AvgIpc) is 3.16. The van der Waals surface area contributed by atoms with Gasteiger partial charge in [0.1, 0.15) is 17.3 Å². The molecule has 1 fully saturated rings. The van der Waals surface area contributed by atoms with Crippen LogP contribution in [0.4, 0.5) is 11.8 Å². The van der Waals surface area contributed by atoms with Gasteiger partial charge in [0, 0.05) is 46.5 Å². The fraction of sp³-hybridized carbons (Fsp3) is 0.529. The molecule has 0 saturated carbocycles. The van der Waals surface area contributed by atoms with Crippen LogP contribution in [0.15, 0.2) is 28.8 Å². The van der Waals surface area contributed by atoms with Gasteiger partial charge in [-0.3, -0.25) is 4.90 Å². The van der Waals surface area contributed by atoms with Crippen LogP contribution in [-0.2, 0) is 6.54 Å². The van der Waals surface area contributed by atoms with Gasteiger partial charge in [0.2, 0.25) is 5.95 Å². The smallest absolute Gasteiger partial charge is 0.227 e. The normalized spacial score (nSPS) is 18.3. The summed E-state index contributed by atoms with van der Waals surface area (Å²) in [6, 6.07) is 6.45. The van der Waals surface area contributed by atoms with Crippen molar-refractivity contribution in [3.8, 4) is 0 Å². The summed E-state index contributed by atoms with van der Waals surface area (Å²) in [6.45, 7) is 4.93. The number of aromatic nitrogens is 2. The molecule has 3 heterocycles. The predicted molar refractivity (Wildman–Crippen MR) is 91.9 cm³/mol. The third-order valence-corrected chi connectivity index (χ3v) is 4.37. The van der Waals surface area contributed by atoms with E-state index in [1.165, 1.54) is 0 Å². The van der Waals surface area contributed by atoms with Crippen molar-refractivity contribution in [2.75, 3.05) is 44.0 Å². The molecular weight excluding hydrogens is 290 g/mol. The highest BCUT2D eigenvalue weighted by Crippen LogP contribution is 2.22. The Kier molecular flexibility index (Phi) is 4.52. The molecule has 2 aromatic rings. The lowest BCUT2D eigenvalue weighted by Crippen LogP contribution is -2.35. The minimum absolute atomic E-state index is 0.434. The zero-order valence-electron chi connectivity index (χ0n) is 14.4. The maximum atomic E-state index is 5.68. The van der Waals surface area contributed by atoms with E-state index in [2.05, 4.69) is 32.9 Å². The van der Waals surface area contributed by atoms with Crippen LogP contribution in [0.25, 0.3) is 0 Å². The third-order valence-electron chi connectivity index (χ3n) is 4.37. The highest BCUT2D eigenvalue weighted by Gasteiger charge is 2.27. The second kappa shape index (κ2) is 6.58. The maximum absolute atomic E-state index is 5.68. The number of aryl methyl sites for hydroxylation is 1. The molecule has 2 aromatic heterocycles. The molecule has 1 saturated heterocycles. The van der Waals surface area contributed by atoms with E-state index in [0.717, 1.165) is 49.3 Å². The Morgan fingerprint density at radius 1 is 1.26 bits per heavy atom. The van der Waals surface area contributed by atoms with E-state index >= 15 is 0 Å². The van der Waals surface area contributed by atoms with Gasteiger partial charge in [0.05, 0.1) is 6.54 Å². The van der Waals surface area contributed by atoms with Gasteiger partial charge in [0.25, 0.3) is 0 Å². The van der Waals surface area contributed by atoms with E-state index in [9.17, 15) is 0 Å². The van der Waals surface area contributed by atoms with Crippen molar-refractivity contribution >= 4 is 11.8 Å². The van der Waals surface area contributed by atoms with E-state index in [4.69, 9.17) is 4.42 Å². The summed E-state index contributed by atoms with van der Waals surface area (Å²) in [5.74, 6) is 3.73. The van der Waals surface area contributed by atoms with Crippen LogP contribution >= 0.6 is 0 Å². The molecule has 0 aliphatic carbocycles. The van der Waals surface area contributed by atoms with E-state index in [1.807, 2.05) is 44.2 Å². The summed E-state index contributed by atoms with van der Waals surface area (Å²) >= 11 is 0. The first-order valence-electron chi connectivity index (χ1n) is 8.04. The van der Waals surface area contributed by atoms with Gasteiger partial charge >= 0.3 is 0 Å². The van der Waals surface area contributed by atoms with Crippen molar-refractivity contribution in [1.82, 2.24) is 14.9 Å². The van der Waals surface area contributed by atoms with Gasteiger partial charge in [-0.15, -0.1) is 0 Å². The molecule has 6 heteroatoms. The first-order chi connectivity index (χ1) is 11.0. The molecule has 124 valence electrons. The van der Waals surface area contributed by atoms with Crippen LogP contribution in [0, 0.1) is 6.92 Å². The van der Waals surface area contributed by atoms with E-state index in [-0.39, 0.29) is 0 Å². The van der Waals surface area contributed by atoms with Crippen molar-refractivity contribution in [2.24, 2.45) is 0 Å². The second-order valence-electron chi connectivity index (χ2n) is 6.41. The standard InChI is InChI=1S/C17H25N5O/c1-13-5-6-15(23-13)12-22-10-8-14(11-22)21(4)17-18-9-7-16(19-17)20(2)3/h5-7,9,14H,8,10-12H2,1-4H3. The first-order valence-corrected chi connectivity index (χ1v) is 8.04. The van der Waals surface area contributed by atoms with Gasteiger partial charge < -0.3 is 14.2 Å². The highest BCUT2D eigenvalue weighted by molar-refractivity contribution is 5.42. The zero-order valence-corrected chi connectivity index (χ0v) is 14.4. The van der Waals surface area contributed by atoms with Crippen molar-refractivity contribution in [1.29, 1.82) is 0 Å². The average molecular weight is 315 g/mol. The van der Waals surface area contributed by atoms with Crippen LogP contribution in [-0.4, -0.2) is 55.1 Å². The molecule has 1 atom stereocenters. The van der Waals surface area contributed by atoms with Gasteiger partial charge in [-0.05, 0) is 31.5 Å². The molecule has 1 aliphatic rings. The molecule has 23 heavy (non-hydrogen) atoms. The summed E-state index contributed by atoms with van der Waals surface area (Å²) in [6.07, 6.45) is 2.94. The fourth-order valence-electron chi connectivity index (χ4n) is 2.98. The Bertz CT molecular complexity index is 654. The van der Waals surface area contributed by atoms with Crippen LogP contribution in [0.3, 0.4) is 0 Å². The molecule has 0 spiro atoms. The molecule has 1 unspecified atom stereocenters. The second-order valence-corrected chi connectivity index (χ2v) is 6.41. The number of hydrogen-bond acceptors (Lipinski definition) is 6. The molecule has 0 N–H and O–H groups in total. The summed E-state index contributed by atoms with van der Waals surface area (Å²) in [7, 11) is 6.07. The minimum atomic E-state index is 0.434. The molecule has 0 amide bonds. The lowest BCUT2D eigenvalue weighted by atomic mass is 10.2. The van der Waals surface area contributed by atoms with E-state index in [0.29, 0.717) is 6.04 Å². The molecular formula is C17H25N5O. The maximum Gasteiger partial charge on any atom is 0.227 e. The van der Waals surface area contributed by atoms with Crippen molar-refractivity contribution in [2.45, 2.75) is 25.9 Å². The minimum Gasteiger partial charge on any atom is -0.465 e. The quantitative estimate of drug-likeness (QED) is 0.843. The van der Waals surface area contributed by atoms with Crippen LogP contribution in [0.5, 0.6) is 0 Å². The predicted octanol–water partition coefficient (Wildman–Crippen LogP) is 2.15. The zero-order chi connectivity index (χ0) is 16.4.